The lowest BCUT2D eigenvalue weighted by Gasteiger charge is -2.31. The van der Waals surface area contributed by atoms with Gasteiger partial charge < -0.3 is 15.3 Å². The summed E-state index contributed by atoms with van der Waals surface area (Å²) in [6.07, 6.45) is -2.82. The van der Waals surface area contributed by atoms with Crippen molar-refractivity contribution in [2.24, 2.45) is 5.92 Å². The minimum Gasteiger partial charge on any atom is -0.396 e. The second-order valence-electron chi connectivity index (χ2n) is 5.59. The third kappa shape index (κ3) is 3.91. The van der Waals surface area contributed by atoms with Crippen molar-refractivity contribution < 1.29 is 23.1 Å². The van der Waals surface area contributed by atoms with Gasteiger partial charge in [-0.3, -0.25) is 0 Å². The quantitative estimate of drug-likeness (QED) is 0.880. The number of rotatable bonds is 2. The van der Waals surface area contributed by atoms with Crippen molar-refractivity contribution in [1.82, 2.24) is 4.90 Å². The summed E-state index contributed by atoms with van der Waals surface area (Å²) >= 11 is 0. The predicted octanol–water partition coefficient (Wildman–Crippen LogP) is 3.25. The van der Waals surface area contributed by atoms with Crippen molar-refractivity contribution in [1.29, 1.82) is 0 Å². The monoisotopic (exact) mass is 316 g/mol. The van der Waals surface area contributed by atoms with Gasteiger partial charge in [-0.05, 0) is 43.4 Å². The molecule has 22 heavy (non-hydrogen) atoms. The van der Waals surface area contributed by atoms with Crippen molar-refractivity contribution in [3.05, 3.63) is 29.3 Å². The molecule has 7 heteroatoms. The number of amides is 2. The molecule has 0 bridgehead atoms. The first-order valence-corrected chi connectivity index (χ1v) is 7.16. The maximum absolute atomic E-state index is 12.9. The van der Waals surface area contributed by atoms with Crippen LogP contribution < -0.4 is 5.32 Å². The Hall–Kier alpha value is -1.76. The highest BCUT2D eigenvalue weighted by molar-refractivity contribution is 5.89. The average Bonchev–Trinajstić information content (AvgIpc) is 2.48. The number of nitrogens with zero attached hydrogens (tertiary/aromatic N) is 1. The highest BCUT2D eigenvalue weighted by Crippen LogP contribution is 2.33. The standard InChI is InChI=1S/C15H19F3N2O2/c1-10-4-5-12(7-13(10)15(16,17)18)19-14(22)20-6-2-3-11(8-20)9-21/h4-5,7,11,21H,2-3,6,8-9H2,1H3,(H,19,22). The molecule has 0 aliphatic carbocycles. The van der Waals surface area contributed by atoms with Crippen molar-refractivity contribution >= 4 is 11.7 Å². The number of likely N-dealkylation sites (tertiary alicyclic amines) is 1. The number of carbonyl (C=O) groups is 1. The Balaban J connectivity index is 2.09. The van der Waals surface area contributed by atoms with Crippen LogP contribution in [0.4, 0.5) is 23.7 Å². The third-order valence-electron chi connectivity index (χ3n) is 3.86. The summed E-state index contributed by atoms with van der Waals surface area (Å²) < 4.78 is 38.6. The lowest BCUT2D eigenvalue weighted by molar-refractivity contribution is -0.138. The number of piperidine rings is 1. The van der Waals surface area contributed by atoms with Gasteiger partial charge in [0.05, 0.1) is 5.56 Å². The smallest absolute Gasteiger partial charge is 0.396 e. The van der Waals surface area contributed by atoms with Gasteiger partial charge in [-0.25, -0.2) is 4.79 Å². The molecule has 1 saturated heterocycles. The Kier molecular flexibility index (Phi) is 4.95. The number of hydrogen-bond acceptors (Lipinski definition) is 2. The van der Waals surface area contributed by atoms with E-state index in [0.717, 1.165) is 18.9 Å². The Morgan fingerprint density at radius 2 is 2.18 bits per heavy atom. The van der Waals surface area contributed by atoms with Crippen LogP contribution in [0.3, 0.4) is 0 Å². The molecule has 2 amide bonds. The molecule has 1 aromatic carbocycles. The van der Waals surface area contributed by atoms with Gasteiger partial charge in [-0.1, -0.05) is 6.07 Å². The highest BCUT2D eigenvalue weighted by atomic mass is 19.4. The summed E-state index contributed by atoms with van der Waals surface area (Å²) in [5.74, 6) is 0.0308. The van der Waals surface area contributed by atoms with E-state index in [-0.39, 0.29) is 23.8 Å². The maximum atomic E-state index is 12.9. The number of aliphatic hydroxyl groups excluding tert-OH is 1. The molecule has 1 aliphatic heterocycles. The number of hydrogen-bond donors (Lipinski definition) is 2. The fourth-order valence-corrected chi connectivity index (χ4v) is 2.61. The first-order valence-electron chi connectivity index (χ1n) is 7.16. The summed E-state index contributed by atoms with van der Waals surface area (Å²) in [7, 11) is 0. The number of aliphatic hydroxyl groups is 1. The Morgan fingerprint density at radius 3 is 2.82 bits per heavy atom. The molecule has 122 valence electrons. The molecule has 1 heterocycles. The zero-order chi connectivity index (χ0) is 16.3. The maximum Gasteiger partial charge on any atom is 0.416 e. The van der Waals surface area contributed by atoms with E-state index < -0.39 is 17.8 Å². The van der Waals surface area contributed by atoms with E-state index in [1.807, 2.05) is 0 Å². The Bertz CT molecular complexity index is 546. The molecule has 2 rings (SSSR count). The van der Waals surface area contributed by atoms with E-state index in [9.17, 15) is 18.0 Å². The molecule has 2 N–H and O–H groups in total. The van der Waals surface area contributed by atoms with Crippen LogP contribution in [0.2, 0.25) is 0 Å². The normalized spacial score (nSPS) is 19.1. The largest absolute Gasteiger partial charge is 0.416 e. The van der Waals surface area contributed by atoms with Crippen LogP contribution in [0.15, 0.2) is 18.2 Å². The number of halogens is 3. The van der Waals surface area contributed by atoms with Crippen LogP contribution >= 0.6 is 0 Å². The molecule has 4 nitrogen and oxygen atoms in total. The molecule has 1 fully saturated rings. The van der Waals surface area contributed by atoms with Crippen molar-refractivity contribution in [3.63, 3.8) is 0 Å². The van der Waals surface area contributed by atoms with E-state index in [2.05, 4.69) is 5.32 Å². The van der Waals surface area contributed by atoms with E-state index in [0.29, 0.717) is 13.1 Å². The van der Waals surface area contributed by atoms with Crippen LogP contribution in [0.25, 0.3) is 0 Å². The number of benzene rings is 1. The van der Waals surface area contributed by atoms with Crippen LogP contribution in [0.5, 0.6) is 0 Å². The van der Waals surface area contributed by atoms with Crippen LogP contribution in [0.1, 0.15) is 24.0 Å². The molecule has 1 aromatic rings. The molecule has 1 aliphatic rings. The van der Waals surface area contributed by atoms with Gasteiger partial charge in [0.25, 0.3) is 0 Å². The molecule has 1 atom stereocenters. The first-order chi connectivity index (χ1) is 10.3. The molecule has 0 radical (unpaired) electrons. The molecule has 0 spiro atoms. The predicted molar refractivity (Wildman–Crippen MR) is 76.6 cm³/mol. The van der Waals surface area contributed by atoms with Gasteiger partial charge in [-0.2, -0.15) is 13.2 Å². The van der Waals surface area contributed by atoms with Crippen LogP contribution in [0, 0.1) is 12.8 Å². The topological polar surface area (TPSA) is 52.6 Å². The summed E-state index contributed by atoms with van der Waals surface area (Å²) in [4.78, 5) is 13.7. The van der Waals surface area contributed by atoms with Gasteiger partial charge in [0.1, 0.15) is 0 Å². The van der Waals surface area contributed by atoms with Gasteiger partial charge >= 0.3 is 12.2 Å². The molecular formula is C15H19F3N2O2. The molecular weight excluding hydrogens is 297 g/mol. The van der Waals surface area contributed by atoms with Gasteiger partial charge in [0.15, 0.2) is 0 Å². The Morgan fingerprint density at radius 1 is 1.45 bits per heavy atom. The van der Waals surface area contributed by atoms with E-state index in [1.54, 1.807) is 0 Å². The minimum atomic E-state index is -4.45. The molecule has 0 saturated carbocycles. The summed E-state index contributed by atoms with van der Waals surface area (Å²) in [6.45, 7) is 2.35. The SMILES string of the molecule is Cc1ccc(NC(=O)N2CCCC(CO)C2)cc1C(F)(F)F. The van der Waals surface area contributed by atoms with Crippen LogP contribution in [-0.4, -0.2) is 35.7 Å². The number of alkyl halides is 3. The van der Waals surface area contributed by atoms with E-state index >= 15 is 0 Å². The van der Waals surface area contributed by atoms with Crippen molar-refractivity contribution in [2.75, 3.05) is 25.0 Å². The van der Waals surface area contributed by atoms with Crippen LogP contribution in [-0.2, 0) is 6.18 Å². The van der Waals surface area contributed by atoms with Gasteiger partial charge in [-0.15, -0.1) is 0 Å². The Labute approximate surface area is 126 Å². The third-order valence-corrected chi connectivity index (χ3v) is 3.86. The number of anilines is 1. The van der Waals surface area contributed by atoms with Crippen molar-refractivity contribution in [2.45, 2.75) is 25.9 Å². The highest BCUT2D eigenvalue weighted by Gasteiger charge is 2.32. The van der Waals surface area contributed by atoms with Gasteiger partial charge in [0, 0.05) is 25.4 Å². The van der Waals surface area contributed by atoms with Gasteiger partial charge in [0.2, 0.25) is 0 Å². The second kappa shape index (κ2) is 6.56. The molecule has 0 aromatic heterocycles. The summed E-state index contributed by atoms with van der Waals surface area (Å²) in [6, 6.07) is 3.30. The lowest BCUT2D eigenvalue weighted by Crippen LogP contribution is -2.43. The zero-order valence-electron chi connectivity index (χ0n) is 12.3. The summed E-state index contributed by atoms with van der Waals surface area (Å²) in [5, 5.41) is 11.7. The number of carbonyl (C=O) groups excluding carboxylic acids is 1. The fourth-order valence-electron chi connectivity index (χ4n) is 2.61. The first kappa shape index (κ1) is 16.6. The number of urea groups is 1. The fraction of sp³-hybridized carbons (Fsp3) is 0.533. The minimum absolute atomic E-state index is 0.00648. The summed E-state index contributed by atoms with van der Waals surface area (Å²) in [5.41, 5.74) is -0.518. The second-order valence-corrected chi connectivity index (χ2v) is 5.59. The molecule has 1 unspecified atom stereocenters. The number of aryl methyl sites for hydroxylation is 1. The number of nitrogens with one attached hydrogen (secondary N) is 1. The van der Waals surface area contributed by atoms with E-state index in [1.165, 1.54) is 24.0 Å². The lowest BCUT2D eigenvalue weighted by atomic mass is 9.99. The van der Waals surface area contributed by atoms with Crippen molar-refractivity contribution in [3.8, 4) is 0 Å². The zero-order valence-corrected chi connectivity index (χ0v) is 12.3. The average molecular weight is 316 g/mol. The van der Waals surface area contributed by atoms with E-state index in [4.69, 9.17) is 5.11 Å².